The van der Waals surface area contributed by atoms with Crippen LogP contribution < -0.4 is 5.73 Å². The van der Waals surface area contributed by atoms with Crippen LogP contribution in [0.2, 0.25) is 0 Å². The van der Waals surface area contributed by atoms with Crippen molar-refractivity contribution in [2.45, 2.75) is 45.8 Å². The summed E-state index contributed by atoms with van der Waals surface area (Å²) >= 11 is 0. The number of rotatable bonds is 2. The summed E-state index contributed by atoms with van der Waals surface area (Å²) in [6, 6.07) is 0. The molecule has 3 N–H and O–H groups in total. The predicted octanol–water partition coefficient (Wildman–Crippen LogP) is 0.614. The van der Waals surface area contributed by atoms with Crippen LogP contribution in [0.25, 0.3) is 0 Å². The second-order valence-electron chi connectivity index (χ2n) is 5.60. The Balaban J connectivity index is 2.24. The summed E-state index contributed by atoms with van der Waals surface area (Å²) < 4.78 is 1.72. The topological polar surface area (TPSA) is 67.3 Å². The number of nitrogen functional groups attached to an aromatic ring is 1. The van der Waals surface area contributed by atoms with Gasteiger partial charge in [-0.1, -0.05) is 0 Å². The lowest BCUT2D eigenvalue weighted by Gasteiger charge is -2.37. The van der Waals surface area contributed by atoms with E-state index in [4.69, 9.17) is 10.8 Å². The number of nitrogens with zero attached hydrogens (tertiary/aromatic N) is 3. The highest BCUT2D eigenvalue weighted by Crippen LogP contribution is 2.27. The van der Waals surface area contributed by atoms with Crippen molar-refractivity contribution in [3.8, 4) is 0 Å². The minimum absolute atomic E-state index is 0.0771. The van der Waals surface area contributed by atoms with Crippen LogP contribution in [0.3, 0.4) is 0 Å². The maximum Gasteiger partial charge on any atom is 0.125 e. The van der Waals surface area contributed by atoms with Crippen molar-refractivity contribution < 1.29 is 5.11 Å². The predicted molar refractivity (Wildman–Crippen MR) is 67.6 cm³/mol. The van der Waals surface area contributed by atoms with Crippen molar-refractivity contribution >= 4 is 5.82 Å². The molecule has 0 aliphatic carbocycles. The van der Waals surface area contributed by atoms with E-state index in [1.807, 2.05) is 0 Å². The molecule has 1 aromatic rings. The normalized spacial score (nSPS) is 17.2. The Hall–Kier alpha value is -1.07. The molecule has 2 rings (SSSR count). The fourth-order valence-electron chi connectivity index (χ4n) is 2.31. The van der Waals surface area contributed by atoms with Crippen LogP contribution in [0.1, 0.15) is 32.0 Å². The molecule has 5 nitrogen and oxygen atoms in total. The number of aliphatic hydroxyl groups is 1. The van der Waals surface area contributed by atoms with E-state index < -0.39 is 0 Å². The molecule has 1 aromatic heterocycles. The highest BCUT2D eigenvalue weighted by Gasteiger charge is 2.29. The first-order valence-electron chi connectivity index (χ1n) is 6.13. The Labute approximate surface area is 102 Å². The summed E-state index contributed by atoms with van der Waals surface area (Å²) in [5, 5.41) is 13.5. The van der Waals surface area contributed by atoms with Gasteiger partial charge < -0.3 is 10.8 Å². The lowest BCUT2D eigenvalue weighted by molar-refractivity contribution is 0.119. The fraction of sp³-hybridized carbons (Fsp3) is 0.750. The molecule has 0 aromatic carbocycles. The molecule has 0 bridgehead atoms. The van der Waals surface area contributed by atoms with E-state index in [9.17, 15) is 0 Å². The zero-order valence-corrected chi connectivity index (χ0v) is 10.9. The molecule has 0 saturated carbocycles. The highest BCUT2D eigenvalue weighted by atomic mass is 16.3. The van der Waals surface area contributed by atoms with Crippen molar-refractivity contribution in [2.75, 3.05) is 18.9 Å². The molecule has 96 valence electrons. The van der Waals surface area contributed by atoms with E-state index in [1.54, 1.807) is 4.68 Å². The van der Waals surface area contributed by atoms with Crippen LogP contribution in [-0.4, -0.2) is 38.5 Å². The van der Waals surface area contributed by atoms with Gasteiger partial charge in [-0.2, -0.15) is 5.10 Å². The van der Waals surface area contributed by atoms with Crippen molar-refractivity contribution in [1.82, 2.24) is 14.7 Å². The summed E-state index contributed by atoms with van der Waals surface area (Å²) in [5.74, 6) is 0.725. The highest BCUT2D eigenvalue weighted by molar-refractivity contribution is 5.44. The van der Waals surface area contributed by atoms with Crippen LogP contribution >= 0.6 is 0 Å². The average molecular weight is 238 g/mol. The quantitative estimate of drug-likeness (QED) is 0.792. The summed E-state index contributed by atoms with van der Waals surface area (Å²) in [5.41, 5.74) is 8.43. The van der Waals surface area contributed by atoms with Gasteiger partial charge >= 0.3 is 0 Å². The average Bonchev–Trinajstić information content (AvgIpc) is 2.55. The standard InChI is InChI=1S/C12H22N4O/c1-12(2,3)15-5-4-9-10(8-15)14-16(6-7-17)11(9)13/h17H,4-8,13H2,1-3H3. The van der Waals surface area contributed by atoms with Crippen LogP contribution in [0.5, 0.6) is 0 Å². The Bertz CT molecular complexity index is 405. The molecule has 0 unspecified atom stereocenters. The van der Waals surface area contributed by atoms with E-state index in [0.717, 1.165) is 31.0 Å². The summed E-state index contributed by atoms with van der Waals surface area (Å²) in [4.78, 5) is 2.41. The van der Waals surface area contributed by atoms with Gasteiger partial charge in [0.1, 0.15) is 5.82 Å². The maximum atomic E-state index is 8.96. The van der Waals surface area contributed by atoms with Crippen molar-refractivity contribution in [2.24, 2.45) is 0 Å². The number of hydrogen-bond acceptors (Lipinski definition) is 4. The zero-order valence-electron chi connectivity index (χ0n) is 10.9. The second kappa shape index (κ2) is 4.31. The minimum atomic E-state index is 0.0771. The van der Waals surface area contributed by atoms with Gasteiger partial charge in [-0.05, 0) is 27.2 Å². The Morgan fingerprint density at radius 1 is 1.41 bits per heavy atom. The first kappa shape index (κ1) is 12.4. The van der Waals surface area contributed by atoms with Gasteiger partial charge in [0.15, 0.2) is 0 Å². The molecule has 1 aliphatic rings. The van der Waals surface area contributed by atoms with Crippen molar-refractivity contribution in [1.29, 1.82) is 0 Å². The number of anilines is 1. The third kappa shape index (κ3) is 2.30. The van der Waals surface area contributed by atoms with Gasteiger partial charge in [-0.3, -0.25) is 4.90 Å². The second-order valence-corrected chi connectivity index (χ2v) is 5.60. The fourth-order valence-corrected chi connectivity index (χ4v) is 2.31. The number of fused-ring (bicyclic) bond motifs is 1. The molecular weight excluding hydrogens is 216 g/mol. The van der Waals surface area contributed by atoms with Crippen LogP contribution in [0.4, 0.5) is 5.82 Å². The lowest BCUT2D eigenvalue weighted by atomic mass is 9.99. The Morgan fingerprint density at radius 2 is 2.12 bits per heavy atom. The summed E-state index contributed by atoms with van der Waals surface area (Å²) in [7, 11) is 0. The molecule has 0 saturated heterocycles. The molecule has 0 spiro atoms. The monoisotopic (exact) mass is 238 g/mol. The number of aromatic nitrogens is 2. The summed E-state index contributed by atoms with van der Waals surface area (Å²) in [6.45, 7) is 9.07. The number of aliphatic hydroxyl groups excluding tert-OH is 1. The SMILES string of the molecule is CC(C)(C)N1CCc2c(nn(CCO)c2N)C1. The summed E-state index contributed by atoms with van der Waals surface area (Å²) in [6.07, 6.45) is 0.948. The van der Waals surface area contributed by atoms with Crippen LogP contribution in [-0.2, 0) is 19.5 Å². The van der Waals surface area contributed by atoms with Gasteiger partial charge in [0, 0.05) is 24.2 Å². The molecule has 5 heteroatoms. The first-order chi connectivity index (χ1) is 7.93. The zero-order chi connectivity index (χ0) is 12.6. The molecule has 1 aliphatic heterocycles. The minimum Gasteiger partial charge on any atom is -0.394 e. The third-order valence-corrected chi connectivity index (χ3v) is 3.41. The van der Waals surface area contributed by atoms with Crippen molar-refractivity contribution in [3.05, 3.63) is 11.3 Å². The van der Waals surface area contributed by atoms with Gasteiger partial charge in [-0.25, -0.2) is 4.68 Å². The Kier molecular flexibility index (Phi) is 3.14. The Morgan fingerprint density at radius 3 is 2.71 bits per heavy atom. The van der Waals surface area contributed by atoms with E-state index in [-0.39, 0.29) is 12.1 Å². The van der Waals surface area contributed by atoms with E-state index in [0.29, 0.717) is 6.54 Å². The van der Waals surface area contributed by atoms with E-state index in [2.05, 4.69) is 30.8 Å². The molecule has 0 atom stereocenters. The number of nitrogens with two attached hydrogens (primary N) is 1. The maximum absolute atomic E-state index is 8.96. The van der Waals surface area contributed by atoms with Gasteiger partial charge in [0.25, 0.3) is 0 Å². The molecule has 0 amide bonds. The van der Waals surface area contributed by atoms with Gasteiger partial charge in [0.05, 0.1) is 18.8 Å². The van der Waals surface area contributed by atoms with Crippen LogP contribution in [0, 0.1) is 0 Å². The molecule has 17 heavy (non-hydrogen) atoms. The van der Waals surface area contributed by atoms with E-state index in [1.165, 1.54) is 5.56 Å². The third-order valence-electron chi connectivity index (χ3n) is 3.41. The van der Waals surface area contributed by atoms with Gasteiger partial charge in [0.2, 0.25) is 0 Å². The number of hydrogen-bond donors (Lipinski definition) is 2. The van der Waals surface area contributed by atoms with E-state index >= 15 is 0 Å². The van der Waals surface area contributed by atoms with Crippen molar-refractivity contribution in [3.63, 3.8) is 0 Å². The van der Waals surface area contributed by atoms with Crippen LogP contribution in [0.15, 0.2) is 0 Å². The lowest BCUT2D eigenvalue weighted by Crippen LogP contribution is -2.44. The largest absolute Gasteiger partial charge is 0.394 e. The molecule has 2 heterocycles. The first-order valence-corrected chi connectivity index (χ1v) is 6.13. The molecule has 0 fully saturated rings. The smallest absolute Gasteiger partial charge is 0.125 e. The molecular formula is C12H22N4O. The molecule has 0 radical (unpaired) electrons. The van der Waals surface area contributed by atoms with Gasteiger partial charge in [-0.15, -0.1) is 0 Å².